The first kappa shape index (κ1) is 16.1. The molecule has 2 aromatic carbocycles. The molecule has 3 aromatic rings. The molecule has 0 atom stereocenters. The first-order chi connectivity index (χ1) is 12.3. The largest absolute Gasteiger partial charge is 0.493 e. The summed E-state index contributed by atoms with van der Waals surface area (Å²) in [6, 6.07) is 16.6. The second kappa shape index (κ2) is 7.25. The molecule has 25 heavy (non-hydrogen) atoms. The van der Waals surface area contributed by atoms with Gasteiger partial charge in [-0.3, -0.25) is 0 Å². The molecule has 0 aliphatic carbocycles. The van der Waals surface area contributed by atoms with E-state index in [-0.39, 0.29) is 0 Å². The van der Waals surface area contributed by atoms with Crippen molar-refractivity contribution in [2.24, 2.45) is 0 Å². The number of fused-ring (bicyclic) bond motifs is 1. The van der Waals surface area contributed by atoms with Gasteiger partial charge < -0.3 is 19.2 Å². The van der Waals surface area contributed by atoms with Crippen LogP contribution in [0.3, 0.4) is 0 Å². The predicted octanol–water partition coefficient (Wildman–Crippen LogP) is 4.72. The van der Waals surface area contributed by atoms with Crippen LogP contribution in [0.4, 0.5) is 5.69 Å². The van der Waals surface area contributed by atoms with E-state index < -0.39 is 0 Å². The third-order valence-corrected chi connectivity index (χ3v) is 5.00. The van der Waals surface area contributed by atoms with E-state index in [1.54, 1.807) is 18.2 Å². The van der Waals surface area contributed by atoms with Crippen molar-refractivity contribution in [1.29, 1.82) is 0 Å². The van der Waals surface area contributed by atoms with Crippen molar-refractivity contribution in [2.75, 3.05) is 18.4 Å². The van der Waals surface area contributed by atoms with Gasteiger partial charge in [0.15, 0.2) is 0 Å². The number of rotatable bonds is 6. The Bertz CT molecular complexity index is 862. The van der Waals surface area contributed by atoms with Gasteiger partial charge in [0.1, 0.15) is 11.5 Å². The molecule has 0 bridgehead atoms. The third-order valence-electron chi connectivity index (χ3n) is 4.19. The van der Waals surface area contributed by atoms with Crippen molar-refractivity contribution < 1.29 is 9.15 Å². The molecule has 5 heteroatoms. The van der Waals surface area contributed by atoms with Gasteiger partial charge in [-0.25, -0.2) is 0 Å². The van der Waals surface area contributed by atoms with Crippen LogP contribution in [0.2, 0.25) is 0 Å². The summed E-state index contributed by atoms with van der Waals surface area (Å²) in [7, 11) is 1.95. The SMILES string of the molecule is CNCc1ccc(-c2ccco2)c(NSc2ccc3c(c2)CCO3)c1. The van der Waals surface area contributed by atoms with Gasteiger partial charge in [-0.15, -0.1) is 0 Å². The highest BCUT2D eigenvalue weighted by Crippen LogP contribution is 2.34. The average molecular weight is 352 g/mol. The van der Waals surface area contributed by atoms with Crippen molar-refractivity contribution in [1.82, 2.24) is 5.32 Å². The second-order valence-electron chi connectivity index (χ2n) is 5.96. The van der Waals surface area contributed by atoms with E-state index in [9.17, 15) is 0 Å². The van der Waals surface area contributed by atoms with Crippen molar-refractivity contribution in [3.63, 3.8) is 0 Å². The lowest BCUT2D eigenvalue weighted by molar-refractivity contribution is 0.357. The van der Waals surface area contributed by atoms with Gasteiger partial charge in [0.25, 0.3) is 0 Å². The second-order valence-corrected chi connectivity index (χ2v) is 6.84. The summed E-state index contributed by atoms with van der Waals surface area (Å²) in [4.78, 5) is 1.17. The Morgan fingerprint density at radius 3 is 2.92 bits per heavy atom. The van der Waals surface area contributed by atoms with Crippen LogP contribution in [0.5, 0.6) is 5.75 Å². The molecule has 0 unspecified atom stereocenters. The van der Waals surface area contributed by atoms with Crippen LogP contribution in [0.25, 0.3) is 11.3 Å². The Morgan fingerprint density at radius 2 is 2.08 bits per heavy atom. The standard InChI is InChI=1S/C20H20N2O2S/c1-21-13-14-4-6-17(20-3-2-9-23-20)18(11-14)22-25-16-5-7-19-15(12-16)8-10-24-19/h2-7,9,11-12,21-22H,8,10,13H2,1H3. The maximum absolute atomic E-state index is 5.59. The van der Waals surface area contributed by atoms with Gasteiger partial charge >= 0.3 is 0 Å². The van der Waals surface area contributed by atoms with Crippen LogP contribution in [-0.2, 0) is 13.0 Å². The van der Waals surface area contributed by atoms with Crippen LogP contribution < -0.4 is 14.8 Å². The minimum Gasteiger partial charge on any atom is -0.493 e. The number of hydrogen-bond donors (Lipinski definition) is 2. The molecular weight excluding hydrogens is 332 g/mol. The molecule has 4 rings (SSSR count). The molecule has 2 heterocycles. The maximum atomic E-state index is 5.59. The van der Waals surface area contributed by atoms with Gasteiger partial charge in [-0.2, -0.15) is 0 Å². The summed E-state index contributed by atoms with van der Waals surface area (Å²) >= 11 is 1.61. The van der Waals surface area contributed by atoms with E-state index in [0.29, 0.717) is 0 Å². The number of hydrogen-bond acceptors (Lipinski definition) is 5. The molecule has 0 spiro atoms. The lowest BCUT2D eigenvalue weighted by atomic mass is 10.1. The zero-order chi connectivity index (χ0) is 17.1. The van der Waals surface area contributed by atoms with E-state index in [1.807, 2.05) is 19.2 Å². The van der Waals surface area contributed by atoms with Gasteiger partial charge in [0.2, 0.25) is 0 Å². The fourth-order valence-electron chi connectivity index (χ4n) is 2.98. The minimum absolute atomic E-state index is 0.783. The lowest BCUT2D eigenvalue weighted by Crippen LogP contribution is -2.05. The average Bonchev–Trinajstić information content (AvgIpc) is 3.31. The summed E-state index contributed by atoms with van der Waals surface area (Å²) in [5.74, 6) is 1.87. The molecule has 0 fully saturated rings. The van der Waals surface area contributed by atoms with E-state index in [0.717, 1.165) is 42.3 Å². The topological polar surface area (TPSA) is 46.4 Å². The van der Waals surface area contributed by atoms with E-state index in [1.165, 1.54) is 16.0 Å². The number of anilines is 1. The molecule has 0 radical (unpaired) electrons. The predicted molar refractivity (Wildman–Crippen MR) is 102 cm³/mol. The molecule has 0 saturated carbocycles. The van der Waals surface area contributed by atoms with E-state index in [4.69, 9.17) is 9.15 Å². The zero-order valence-corrected chi connectivity index (χ0v) is 14.9. The van der Waals surface area contributed by atoms with Crippen molar-refractivity contribution >= 4 is 17.6 Å². The number of benzene rings is 2. The first-order valence-electron chi connectivity index (χ1n) is 8.33. The van der Waals surface area contributed by atoms with Crippen LogP contribution in [0.15, 0.2) is 64.1 Å². The fraction of sp³-hybridized carbons (Fsp3) is 0.200. The van der Waals surface area contributed by atoms with Crippen molar-refractivity contribution in [3.05, 3.63) is 65.9 Å². The van der Waals surface area contributed by atoms with Crippen LogP contribution in [-0.4, -0.2) is 13.7 Å². The normalized spacial score (nSPS) is 12.7. The molecule has 1 aliphatic heterocycles. The third kappa shape index (κ3) is 3.52. The Balaban J connectivity index is 1.58. The molecule has 4 nitrogen and oxygen atoms in total. The molecule has 1 aromatic heterocycles. The minimum atomic E-state index is 0.783. The Morgan fingerprint density at radius 1 is 1.12 bits per heavy atom. The quantitative estimate of drug-likeness (QED) is 0.629. The van der Waals surface area contributed by atoms with Gasteiger partial charge in [-0.1, -0.05) is 6.07 Å². The molecule has 0 amide bonds. The number of ether oxygens (including phenoxy) is 1. The zero-order valence-electron chi connectivity index (χ0n) is 14.0. The molecule has 1 aliphatic rings. The summed E-state index contributed by atoms with van der Waals surface area (Å²) in [6.45, 7) is 1.61. The lowest BCUT2D eigenvalue weighted by Gasteiger charge is -2.12. The summed E-state index contributed by atoms with van der Waals surface area (Å²) in [5.41, 5.74) is 4.61. The first-order valence-corrected chi connectivity index (χ1v) is 9.15. The van der Waals surface area contributed by atoms with E-state index in [2.05, 4.69) is 46.4 Å². The summed E-state index contributed by atoms with van der Waals surface area (Å²) < 4.78 is 14.7. The number of nitrogens with one attached hydrogen (secondary N) is 2. The van der Waals surface area contributed by atoms with Crippen molar-refractivity contribution in [3.8, 4) is 17.1 Å². The maximum Gasteiger partial charge on any atom is 0.135 e. The Kier molecular flexibility index (Phi) is 4.68. The Labute approximate surface area is 151 Å². The highest BCUT2D eigenvalue weighted by molar-refractivity contribution is 8.00. The van der Waals surface area contributed by atoms with Crippen LogP contribution in [0, 0.1) is 0 Å². The highest BCUT2D eigenvalue weighted by atomic mass is 32.2. The summed E-state index contributed by atoms with van der Waals surface area (Å²) in [6.07, 6.45) is 2.69. The van der Waals surface area contributed by atoms with E-state index >= 15 is 0 Å². The van der Waals surface area contributed by atoms with Crippen LogP contribution >= 0.6 is 11.9 Å². The van der Waals surface area contributed by atoms with Gasteiger partial charge in [0.05, 0.1) is 18.6 Å². The smallest absolute Gasteiger partial charge is 0.135 e. The highest BCUT2D eigenvalue weighted by Gasteiger charge is 2.13. The van der Waals surface area contributed by atoms with Gasteiger partial charge in [0, 0.05) is 23.4 Å². The van der Waals surface area contributed by atoms with Gasteiger partial charge in [-0.05, 0) is 72.6 Å². The molecule has 0 saturated heterocycles. The Hall–Kier alpha value is -2.37. The molecule has 2 N–H and O–H groups in total. The monoisotopic (exact) mass is 352 g/mol. The summed E-state index contributed by atoms with van der Waals surface area (Å²) in [5, 5.41) is 3.20. The van der Waals surface area contributed by atoms with Crippen molar-refractivity contribution in [2.45, 2.75) is 17.9 Å². The molecular formula is C20H20N2O2S. The molecule has 128 valence electrons. The number of furan rings is 1. The van der Waals surface area contributed by atoms with Crippen LogP contribution in [0.1, 0.15) is 11.1 Å². The fourth-order valence-corrected chi connectivity index (χ4v) is 3.71.